The Morgan fingerprint density at radius 1 is 0.295 bits per heavy atom. The minimum absolute atomic E-state index is 0.00412. The summed E-state index contributed by atoms with van der Waals surface area (Å²) >= 11 is 25.7. The van der Waals surface area contributed by atoms with Crippen molar-refractivity contribution < 1.29 is 17.6 Å². The van der Waals surface area contributed by atoms with Crippen molar-refractivity contribution >= 4 is 137 Å². The zero-order valence-corrected chi connectivity index (χ0v) is 76.9. The molecular formula is C94H128Cl2F4N4S8. The van der Waals surface area contributed by atoms with E-state index < -0.39 is 23.3 Å². The fraction of sp³-hybridized carbons (Fsp3) is 0.617. The number of halogens is 6. The van der Waals surface area contributed by atoms with Crippen LogP contribution in [-0.4, -0.2) is 17.5 Å². The number of unbranched alkanes of at least 4 members (excludes halogenated alkanes) is 32. The Kier molecular flexibility index (Phi) is 39.4. The van der Waals surface area contributed by atoms with Gasteiger partial charge in [0, 0.05) is 59.9 Å². The molecule has 8 heterocycles. The first kappa shape index (κ1) is 90.9. The lowest BCUT2D eigenvalue weighted by molar-refractivity contribution is 0.400. The second kappa shape index (κ2) is 48.6. The molecule has 8 aromatic heterocycles. The van der Waals surface area contributed by atoms with E-state index in [0.717, 1.165) is 105 Å². The summed E-state index contributed by atoms with van der Waals surface area (Å²) in [4.78, 5) is 9.16. The van der Waals surface area contributed by atoms with E-state index in [-0.39, 0.29) is 30.2 Å². The standard InChI is InChI=1S/C94H128Cl2F4N4S8/c1-9-15-21-27-32-34-39-45-49-65(48-42-36-29-23-17-11-3)55-68-58-74(106-64(68)8)79-83(95)86(100)82(90-87(79)101-111-104-90)77-61-71(97)93(109-77)94-72(98)62-78(110-94)92-70(57-67(51-44-38-31-25-19-13-5)52-46-40-35-33-28-22-16-10-2)59-75(107-92)80-84(96)85(99)81(89-88(80)102-112-103-89)76-60-69(91(108-76)73-54-53-63(7)105-73)56-66(47-41-26-20-14-6)50-43-37-30-24-18-12-4/h53-54,58-62,65-67H,9-52,55-57H2,1-8H3. The van der Waals surface area contributed by atoms with E-state index in [0.29, 0.717) is 61.4 Å². The molecule has 0 amide bonds. The quantitative estimate of drug-likeness (QED) is 0.0282. The average molecular weight is 1720 g/mol. The van der Waals surface area contributed by atoms with Gasteiger partial charge in [0.1, 0.15) is 33.7 Å². The average Bonchev–Trinajstić information content (AvgIpc) is 1.57. The molecule has 614 valence electrons. The fourth-order valence-electron chi connectivity index (χ4n) is 16.9. The molecule has 18 heteroatoms. The van der Waals surface area contributed by atoms with Crippen molar-refractivity contribution in [3.05, 3.63) is 102 Å². The monoisotopic (exact) mass is 1710 g/mol. The molecule has 4 nitrogen and oxygen atoms in total. The third kappa shape index (κ3) is 25.6. The Bertz CT molecular complexity index is 4410. The van der Waals surface area contributed by atoms with Gasteiger partial charge in [-0.2, -0.15) is 17.5 Å². The Hall–Kier alpha value is -3.42. The van der Waals surface area contributed by atoms with Crippen molar-refractivity contribution in [3.8, 4) is 71.0 Å². The maximum absolute atomic E-state index is 18.3. The van der Waals surface area contributed by atoms with Crippen LogP contribution in [0.5, 0.6) is 0 Å². The Morgan fingerprint density at radius 2 is 0.571 bits per heavy atom. The number of benzene rings is 2. The lowest BCUT2D eigenvalue weighted by Gasteiger charge is -2.17. The molecule has 0 saturated carbocycles. The van der Waals surface area contributed by atoms with E-state index in [1.165, 1.54) is 322 Å². The summed E-state index contributed by atoms with van der Waals surface area (Å²) in [7, 11) is 0. The Morgan fingerprint density at radius 3 is 0.938 bits per heavy atom. The number of nitrogens with zero attached hydrogens (tertiary/aromatic N) is 4. The number of aromatic nitrogens is 4. The smallest absolute Gasteiger partial charge is 0.153 e. The predicted molar refractivity (Wildman–Crippen MR) is 492 cm³/mol. The molecule has 3 unspecified atom stereocenters. The minimum atomic E-state index is -0.694. The third-order valence-corrected chi connectivity index (χ3v) is 32.4. The SMILES string of the molecule is CCCCCCCCCCC(CCCCCCCC)Cc1cc(-c2c(Cl)c(F)c(-c3cc(F)c(-c4sc(-c5sc(-c6c(Cl)c(F)c(-c7cc(CC(CCCCCC)CCCCCCCC)c(-c8ccc(C)s8)s7)c7nsnc67)cc5CC(CCCCCCCC)CCCCCCCCCC)cc4F)s3)c3nsnc23)sc1C. The predicted octanol–water partition coefficient (Wildman–Crippen LogP) is 37.0. The van der Waals surface area contributed by atoms with Crippen molar-refractivity contribution in [3.63, 3.8) is 0 Å². The highest BCUT2D eigenvalue weighted by Gasteiger charge is 2.33. The van der Waals surface area contributed by atoms with Crippen molar-refractivity contribution in [2.75, 3.05) is 0 Å². The number of rotatable bonds is 57. The van der Waals surface area contributed by atoms with E-state index >= 15 is 17.6 Å². The largest absolute Gasteiger partial charge is 0.205 e. The topological polar surface area (TPSA) is 51.6 Å². The first-order valence-corrected chi connectivity index (χ1v) is 51.1. The molecule has 3 atom stereocenters. The molecule has 0 fully saturated rings. The molecule has 0 spiro atoms. The molecule has 0 aliphatic rings. The van der Waals surface area contributed by atoms with Crippen LogP contribution in [0.15, 0.2) is 42.5 Å². The summed E-state index contributed by atoms with van der Waals surface area (Å²) in [6.45, 7) is 18.0. The summed E-state index contributed by atoms with van der Waals surface area (Å²) < 4.78 is 90.0. The minimum Gasteiger partial charge on any atom is -0.205 e. The Labute approximate surface area is 713 Å². The van der Waals surface area contributed by atoms with Crippen LogP contribution in [0, 0.1) is 54.9 Å². The first-order valence-electron chi connectivity index (χ1n) is 44.0. The zero-order chi connectivity index (χ0) is 79.1. The molecule has 0 N–H and O–H groups in total. The van der Waals surface area contributed by atoms with Crippen molar-refractivity contribution in [2.24, 2.45) is 17.8 Å². The molecule has 0 aliphatic carbocycles. The van der Waals surface area contributed by atoms with Crippen LogP contribution < -0.4 is 0 Å². The van der Waals surface area contributed by atoms with Gasteiger partial charge in [-0.1, -0.05) is 347 Å². The van der Waals surface area contributed by atoms with Gasteiger partial charge in [0.15, 0.2) is 11.6 Å². The normalized spacial score (nSPS) is 12.9. The van der Waals surface area contributed by atoms with Crippen LogP contribution in [-0.2, 0) is 19.3 Å². The molecule has 2 aromatic carbocycles. The van der Waals surface area contributed by atoms with Crippen LogP contribution in [0.1, 0.15) is 351 Å². The van der Waals surface area contributed by atoms with Gasteiger partial charge in [-0.25, -0.2) is 17.6 Å². The highest BCUT2D eigenvalue weighted by molar-refractivity contribution is 7.28. The summed E-state index contributed by atoms with van der Waals surface area (Å²) in [6.07, 6.45) is 57.3. The van der Waals surface area contributed by atoms with E-state index in [9.17, 15) is 0 Å². The lowest BCUT2D eigenvalue weighted by Crippen LogP contribution is -2.05. The number of aryl methyl sites for hydroxylation is 2. The molecule has 10 rings (SSSR count). The summed E-state index contributed by atoms with van der Waals surface area (Å²) in [5, 5.41) is -0.0792. The van der Waals surface area contributed by atoms with Crippen LogP contribution >= 0.6 is 115 Å². The van der Waals surface area contributed by atoms with Gasteiger partial charge in [-0.05, 0) is 110 Å². The van der Waals surface area contributed by atoms with Gasteiger partial charge in [-0.3, -0.25) is 0 Å². The maximum atomic E-state index is 18.3. The first-order chi connectivity index (χ1) is 54.7. The van der Waals surface area contributed by atoms with Crippen molar-refractivity contribution in [1.82, 2.24) is 17.5 Å². The highest BCUT2D eigenvalue weighted by atomic mass is 35.5. The summed E-state index contributed by atoms with van der Waals surface area (Å²) in [5.74, 6) is -1.00. The molecular weight excluding hydrogens is 1590 g/mol. The van der Waals surface area contributed by atoms with E-state index in [2.05, 4.69) is 85.7 Å². The highest BCUT2D eigenvalue weighted by Crippen LogP contribution is 2.55. The second-order valence-corrected chi connectivity index (χ2v) is 41.1. The van der Waals surface area contributed by atoms with Crippen LogP contribution in [0.3, 0.4) is 0 Å². The third-order valence-electron chi connectivity index (χ3n) is 23.4. The van der Waals surface area contributed by atoms with Crippen molar-refractivity contribution in [1.29, 1.82) is 0 Å². The molecule has 0 bridgehead atoms. The number of fused-ring (bicyclic) bond motifs is 2. The number of hydrogen-bond donors (Lipinski definition) is 0. The van der Waals surface area contributed by atoms with Gasteiger partial charge in [-0.15, -0.1) is 68.0 Å². The van der Waals surface area contributed by atoms with E-state index in [1.54, 1.807) is 34.0 Å². The van der Waals surface area contributed by atoms with Gasteiger partial charge in [0.05, 0.1) is 54.4 Å². The van der Waals surface area contributed by atoms with E-state index in [1.807, 2.05) is 0 Å². The van der Waals surface area contributed by atoms with Crippen LogP contribution in [0.2, 0.25) is 10.0 Å². The molecule has 0 radical (unpaired) electrons. The second-order valence-electron chi connectivity index (χ2n) is 32.5. The van der Waals surface area contributed by atoms with Gasteiger partial charge >= 0.3 is 0 Å². The number of hydrogen-bond acceptors (Lipinski definition) is 12. The fourth-order valence-corrected chi connectivity index (χ4v) is 25.7. The molecule has 0 saturated heterocycles. The molecule has 112 heavy (non-hydrogen) atoms. The lowest BCUT2D eigenvalue weighted by atomic mass is 9.88. The molecule has 0 aliphatic heterocycles. The maximum Gasteiger partial charge on any atom is 0.153 e. The summed E-state index contributed by atoms with van der Waals surface area (Å²) in [5.41, 5.74) is 6.86. The van der Waals surface area contributed by atoms with Crippen LogP contribution in [0.25, 0.3) is 93.1 Å². The van der Waals surface area contributed by atoms with E-state index in [4.69, 9.17) is 40.7 Å². The van der Waals surface area contributed by atoms with Crippen molar-refractivity contribution in [2.45, 2.75) is 357 Å². The van der Waals surface area contributed by atoms with Gasteiger partial charge in [0.25, 0.3) is 0 Å². The summed E-state index contributed by atoms with van der Waals surface area (Å²) in [6, 6.07) is 13.9. The van der Waals surface area contributed by atoms with Gasteiger partial charge < -0.3 is 0 Å². The zero-order valence-electron chi connectivity index (χ0n) is 68.8. The van der Waals surface area contributed by atoms with Gasteiger partial charge in [0.2, 0.25) is 0 Å². The number of thiophene rings is 6. The van der Waals surface area contributed by atoms with Crippen LogP contribution in [0.4, 0.5) is 17.6 Å². The Balaban J connectivity index is 0.989. The molecule has 10 aromatic rings.